The van der Waals surface area contributed by atoms with Gasteiger partial charge in [-0.1, -0.05) is 27.7 Å². The van der Waals surface area contributed by atoms with Crippen molar-refractivity contribution in [1.82, 2.24) is 19.7 Å². The predicted molar refractivity (Wildman–Crippen MR) is 208 cm³/mol. The van der Waals surface area contributed by atoms with Crippen molar-refractivity contribution >= 4 is 37.6 Å². The first kappa shape index (κ1) is 39.2. The third-order valence-electron chi connectivity index (χ3n) is 11.1. The lowest BCUT2D eigenvalue weighted by molar-refractivity contribution is 0.0384. The van der Waals surface area contributed by atoms with Crippen LogP contribution in [0.15, 0.2) is 57.3 Å². The molecule has 0 amide bonds. The summed E-state index contributed by atoms with van der Waals surface area (Å²) in [5.74, 6) is -0.709. The number of pyridine rings is 1. The zero-order valence-corrected chi connectivity index (χ0v) is 33.8. The van der Waals surface area contributed by atoms with E-state index in [4.69, 9.17) is 4.74 Å². The number of sulfone groups is 1. The lowest BCUT2D eigenvalue weighted by Crippen LogP contribution is -2.56. The molecule has 0 bridgehead atoms. The topological polar surface area (TPSA) is 92.3 Å². The molecule has 12 heteroatoms. The SMILES string of the molecule is CCN1CCC(N2CCN(C3CCN(c4c(S(=O)(=O)c5ccc(OC(C)(C)CC(C)(C)C)c(F)c5)cnc5ccc([S+](C)[O-])cc45)CC3)CC2)CC1. The Morgan fingerprint density at radius 3 is 2.02 bits per heavy atom. The fraction of sp³-hybridized carbons (Fsp3) is 0.625. The third kappa shape index (κ3) is 8.90. The Morgan fingerprint density at radius 2 is 1.48 bits per heavy atom. The molecule has 0 aliphatic carbocycles. The van der Waals surface area contributed by atoms with E-state index < -0.39 is 32.4 Å². The van der Waals surface area contributed by atoms with Crippen LogP contribution >= 0.6 is 0 Å². The summed E-state index contributed by atoms with van der Waals surface area (Å²) in [5, 5.41) is 0.638. The quantitative estimate of drug-likeness (QED) is 0.212. The van der Waals surface area contributed by atoms with Crippen LogP contribution in [-0.2, 0) is 21.0 Å². The first-order valence-corrected chi connectivity index (χ1v) is 22.0. The Bertz CT molecular complexity index is 1810. The molecular weight excluding hydrogens is 698 g/mol. The van der Waals surface area contributed by atoms with E-state index in [9.17, 15) is 13.0 Å². The number of piperidine rings is 2. The van der Waals surface area contributed by atoms with Gasteiger partial charge in [-0.25, -0.2) is 12.8 Å². The highest BCUT2D eigenvalue weighted by atomic mass is 32.2. The first-order chi connectivity index (χ1) is 24.5. The van der Waals surface area contributed by atoms with Crippen LogP contribution in [-0.4, -0.2) is 115 Å². The number of piperazine rings is 1. The summed E-state index contributed by atoms with van der Waals surface area (Å²) >= 11 is -1.27. The Kier molecular flexibility index (Phi) is 11.8. The molecule has 3 fully saturated rings. The van der Waals surface area contributed by atoms with E-state index in [0.29, 0.717) is 53.1 Å². The van der Waals surface area contributed by atoms with Gasteiger partial charge in [0.05, 0.1) is 16.1 Å². The fourth-order valence-electron chi connectivity index (χ4n) is 8.83. The second-order valence-electron chi connectivity index (χ2n) is 16.8. The van der Waals surface area contributed by atoms with Gasteiger partial charge in [0.2, 0.25) is 9.84 Å². The molecular formula is C40H58FN5O4S2. The zero-order valence-electron chi connectivity index (χ0n) is 32.2. The van der Waals surface area contributed by atoms with E-state index in [1.165, 1.54) is 44.3 Å². The molecule has 1 aromatic heterocycles. The molecule has 9 nitrogen and oxygen atoms in total. The van der Waals surface area contributed by atoms with Crippen molar-refractivity contribution in [2.24, 2.45) is 5.41 Å². The minimum Gasteiger partial charge on any atom is -0.612 e. The van der Waals surface area contributed by atoms with E-state index >= 15 is 4.39 Å². The summed E-state index contributed by atoms with van der Waals surface area (Å²) in [5.41, 5.74) is 0.480. The van der Waals surface area contributed by atoms with E-state index in [2.05, 4.69) is 52.3 Å². The second kappa shape index (κ2) is 15.7. The minimum atomic E-state index is -4.21. The van der Waals surface area contributed by atoms with Crippen molar-refractivity contribution in [2.75, 3.05) is 70.1 Å². The summed E-state index contributed by atoms with van der Waals surface area (Å²) < 4.78 is 63.2. The number of rotatable bonds is 10. The monoisotopic (exact) mass is 755 g/mol. The number of anilines is 1. The van der Waals surface area contributed by atoms with Crippen molar-refractivity contribution in [3.05, 3.63) is 48.4 Å². The maximum Gasteiger partial charge on any atom is 0.210 e. The number of benzene rings is 2. The van der Waals surface area contributed by atoms with Crippen molar-refractivity contribution in [2.45, 2.75) is 106 Å². The second-order valence-corrected chi connectivity index (χ2v) is 20.1. The Morgan fingerprint density at radius 1 is 0.885 bits per heavy atom. The van der Waals surface area contributed by atoms with Crippen LogP contribution in [0.2, 0.25) is 0 Å². The van der Waals surface area contributed by atoms with E-state index in [-0.39, 0.29) is 21.0 Å². The van der Waals surface area contributed by atoms with E-state index in [1.54, 1.807) is 24.5 Å². The van der Waals surface area contributed by atoms with Crippen molar-refractivity contribution in [3.8, 4) is 5.75 Å². The molecule has 3 aliphatic heterocycles. The average Bonchev–Trinajstić information content (AvgIpc) is 3.10. The fourth-order valence-corrected chi connectivity index (χ4v) is 10.8. The number of fused-ring (bicyclic) bond motifs is 1. The van der Waals surface area contributed by atoms with Gasteiger partial charge in [-0.3, -0.25) is 14.8 Å². The Hall–Kier alpha value is -2.48. The normalized spacial score (nSPS) is 20.4. The van der Waals surface area contributed by atoms with Gasteiger partial charge in [-0.05, 0) is 113 Å². The lowest BCUT2D eigenvalue weighted by Gasteiger charge is -2.46. The number of likely N-dealkylation sites (tertiary alicyclic amines) is 1. The molecule has 0 saturated carbocycles. The van der Waals surface area contributed by atoms with Gasteiger partial charge >= 0.3 is 0 Å². The maximum atomic E-state index is 15.6. The maximum absolute atomic E-state index is 15.6. The molecule has 4 heterocycles. The molecule has 286 valence electrons. The lowest BCUT2D eigenvalue weighted by atomic mass is 9.83. The van der Waals surface area contributed by atoms with Gasteiger partial charge in [0, 0.05) is 69.0 Å². The minimum absolute atomic E-state index is 0.0184. The predicted octanol–water partition coefficient (Wildman–Crippen LogP) is 6.61. The van der Waals surface area contributed by atoms with Crippen molar-refractivity contribution < 1.29 is 22.1 Å². The highest BCUT2D eigenvalue weighted by molar-refractivity contribution is 7.91. The first-order valence-electron chi connectivity index (χ1n) is 19.0. The number of hydrogen-bond donors (Lipinski definition) is 0. The van der Waals surface area contributed by atoms with Gasteiger partial charge in [-0.15, -0.1) is 0 Å². The number of ether oxygens (including phenoxy) is 1. The molecule has 1 atom stereocenters. The smallest absolute Gasteiger partial charge is 0.210 e. The van der Waals surface area contributed by atoms with Crippen LogP contribution in [0.4, 0.5) is 10.1 Å². The van der Waals surface area contributed by atoms with Gasteiger partial charge in [0.15, 0.2) is 16.5 Å². The summed E-state index contributed by atoms with van der Waals surface area (Å²) in [4.78, 5) is 15.1. The van der Waals surface area contributed by atoms with Crippen LogP contribution in [0.25, 0.3) is 10.9 Å². The summed E-state index contributed by atoms with van der Waals surface area (Å²) in [6, 6.07) is 10.4. The summed E-state index contributed by atoms with van der Waals surface area (Å²) in [6.07, 6.45) is 8.02. The summed E-state index contributed by atoms with van der Waals surface area (Å²) in [6.45, 7) is 21.5. The van der Waals surface area contributed by atoms with Crippen molar-refractivity contribution in [3.63, 3.8) is 0 Å². The number of hydrogen-bond acceptors (Lipinski definition) is 9. The Balaban J connectivity index is 1.23. The van der Waals surface area contributed by atoms with Gasteiger partial charge in [0.25, 0.3) is 0 Å². The molecule has 0 spiro atoms. The van der Waals surface area contributed by atoms with Crippen LogP contribution in [0.3, 0.4) is 0 Å². The molecule has 0 radical (unpaired) electrons. The highest BCUT2D eigenvalue weighted by Crippen LogP contribution is 2.40. The standard InChI is InChI=1S/C40H58FN5O4S2/c1-8-43-17-13-29(14-18-43)44-21-23-45(24-22-44)30-15-19-46(20-16-30)38-33-25-31(51(7)47)9-11-35(33)42-27-37(38)52(48,49)32-10-12-36(34(41)26-32)50-40(5,6)28-39(2,3)4/h9-12,25-27,29-30H,8,13-24,28H2,1-7H3. The average molecular weight is 756 g/mol. The molecule has 6 rings (SSSR count). The van der Waals surface area contributed by atoms with E-state index in [1.807, 2.05) is 13.8 Å². The van der Waals surface area contributed by atoms with Gasteiger partial charge in [-0.2, -0.15) is 0 Å². The molecule has 2 aromatic carbocycles. The number of aromatic nitrogens is 1. The highest BCUT2D eigenvalue weighted by Gasteiger charge is 2.35. The van der Waals surface area contributed by atoms with Gasteiger partial charge in [0.1, 0.15) is 16.8 Å². The molecule has 0 N–H and O–H groups in total. The molecule has 3 aromatic rings. The molecule has 3 saturated heterocycles. The van der Waals surface area contributed by atoms with E-state index in [0.717, 1.165) is 51.6 Å². The van der Waals surface area contributed by atoms with Crippen LogP contribution in [0, 0.1) is 11.2 Å². The van der Waals surface area contributed by atoms with Crippen molar-refractivity contribution in [1.29, 1.82) is 0 Å². The number of halogens is 1. The van der Waals surface area contributed by atoms with Crippen LogP contribution in [0.1, 0.15) is 73.6 Å². The largest absolute Gasteiger partial charge is 0.612 e. The molecule has 1 unspecified atom stereocenters. The van der Waals surface area contributed by atoms with Crippen LogP contribution < -0.4 is 9.64 Å². The number of nitrogens with zero attached hydrogens (tertiary/aromatic N) is 5. The third-order valence-corrected chi connectivity index (χ3v) is 13.8. The molecule has 52 heavy (non-hydrogen) atoms. The molecule has 3 aliphatic rings. The zero-order chi connectivity index (χ0) is 37.4. The van der Waals surface area contributed by atoms with Gasteiger partial charge < -0.3 is 19.1 Å². The summed E-state index contributed by atoms with van der Waals surface area (Å²) in [7, 11) is -4.21. The van der Waals surface area contributed by atoms with Crippen LogP contribution in [0.5, 0.6) is 5.75 Å². The Labute approximate surface area is 314 Å².